The van der Waals surface area contributed by atoms with E-state index in [1.54, 1.807) is 0 Å². The van der Waals surface area contributed by atoms with E-state index in [9.17, 15) is 4.79 Å². The fourth-order valence-corrected chi connectivity index (χ4v) is 5.63. The zero-order valence-electron chi connectivity index (χ0n) is 10.7. The van der Waals surface area contributed by atoms with Gasteiger partial charge < -0.3 is 0 Å². The predicted octanol–water partition coefficient (Wildman–Crippen LogP) is 3.74. The molecule has 2 fully saturated rings. The standard InChI is InChI=1S/C15H22O/c1-11-5-8-14-6-4-7-15(11,14)12(10-16)9-13(14,2)3/h9-11H,4-8H2,1-3H3/t11-,14+,15-/m1/s1. The van der Waals surface area contributed by atoms with E-state index in [1.807, 2.05) is 0 Å². The molecule has 1 heteroatoms. The summed E-state index contributed by atoms with van der Waals surface area (Å²) >= 11 is 0. The smallest absolute Gasteiger partial charge is 0.146 e. The number of aldehydes is 1. The Balaban J connectivity index is 2.24. The Hall–Kier alpha value is -0.590. The summed E-state index contributed by atoms with van der Waals surface area (Å²) < 4.78 is 0. The topological polar surface area (TPSA) is 17.1 Å². The summed E-state index contributed by atoms with van der Waals surface area (Å²) in [7, 11) is 0. The van der Waals surface area contributed by atoms with Crippen LogP contribution in [0.3, 0.4) is 0 Å². The van der Waals surface area contributed by atoms with Crippen molar-refractivity contribution in [3.63, 3.8) is 0 Å². The highest BCUT2D eigenvalue weighted by Gasteiger charge is 2.70. The molecule has 1 nitrogen and oxygen atoms in total. The molecule has 0 unspecified atom stereocenters. The largest absolute Gasteiger partial charge is 0.298 e. The van der Waals surface area contributed by atoms with Crippen LogP contribution in [0.2, 0.25) is 0 Å². The Morgan fingerprint density at radius 1 is 1.31 bits per heavy atom. The van der Waals surface area contributed by atoms with E-state index >= 15 is 0 Å². The van der Waals surface area contributed by atoms with Gasteiger partial charge in [-0.1, -0.05) is 33.3 Å². The Bertz CT molecular complexity index is 379. The molecule has 0 radical (unpaired) electrons. The van der Waals surface area contributed by atoms with Crippen LogP contribution >= 0.6 is 0 Å². The minimum Gasteiger partial charge on any atom is -0.298 e. The lowest BCUT2D eigenvalue weighted by Crippen LogP contribution is -2.41. The molecule has 3 rings (SSSR count). The van der Waals surface area contributed by atoms with Crippen LogP contribution in [0.5, 0.6) is 0 Å². The SMILES string of the molecule is C[C@@H]1CC[C@]23CCC[C@]12C(C=O)=CC3(C)C. The first-order valence-corrected chi connectivity index (χ1v) is 6.69. The van der Waals surface area contributed by atoms with Gasteiger partial charge in [-0.2, -0.15) is 0 Å². The first kappa shape index (κ1) is 10.6. The zero-order valence-corrected chi connectivity index (χ0v) is 10.7. The first-order valence-electron chi connectivity index (χ1n) is 6.69. The van der Waals surface area contributed by atoms with E-state index in [1.165, 1.54) is 32.1 Å². The van der Waals surface area contributed by atoms with E-state index in [0.29, 0.717) is 11.3 Å². The van der Waals surface area contributed by atoms with Crippen LogP contribution in [-0.4, -0.2) is 6.29 Å². The van der Waals surface area contributed by atoms with Crippen LogP contribution in [0.25, 0.3) is 0 Å². The lowest BCUT2D eigenvalue weighted by atomic mass is 9.57. The van der Waals surface area contributed by atoms with Gasteiger partial charge in [0.05, 0.1) is 0 Å². The van der Waals surface area contributed by atoms with Crippen LogP contribution in [0.15, 0.2) is 11.6 Å². The average molecular weight is 218 g/mol. The summed E-state index contributed by atoms with van der Waals surface area (Å²) in [5.74, 6) is 0.702. The summed E-state index contributed by atoms with van der Waals surface area (Å²) in [5.41, 5.74) is 2.03. The summed E-state index contributed by atoms with van der Waals surface area (Å²) in [6.45, 7) is 7.06. The Labute approximate surface area is 98.3 Å². The first-order chi connectivity index (χ1) is 7.50. The Morgan fingerprint density at radius 2 is 2.06 bits per heavy atom. The minimum atomic E-state index is 0.227. The molecular weight excluding hydrogens is 196 g/mol. The van der Waals surface area contributed by atoms with Gasteiger partial charge in [0.1, 0.15) is 6.29 Å². The van der Waals surface area contributed by atoms with Crippen molar-refractivity contribution >= 4 is 6.29 Å². The second-order valence-corrected chi connectivity index (χ2v) is 6.79. The van der Waals surface area contributed by atoms with Crippen molar-refractivity contribution in [1.29, 1.82) is 0 Å². The molecule has 0 spiro atoms. The number of carbonyl (C=O) groups excluding carboxylic acids is 1. The normalized spacial score (nSPS) is 48.7. The molecule has 16 heavy (non-hydrogen) atoms. The van der Waals surface area contributed by atoms with Crippen LogP contribution < -0.4 is 0 Å². The van der Waals surface area contributed by atoms with Crippen LogP contribution in [0, 0.1) is 22.2 Å². The molecule has 88 valence electrons. The Morgan fingerprint density at radius 3 is 2.75 bits per heavy atom. The lowest BCUT2D eigenvalue weighted by molar-refractivity contribution is -0.106. The van der Waals surface area contributed by atoms with Gasteiger partial charge in [-0.15, -0.1) is 0 Å². The van der Waals surface area contributed by atoms with Crippen LogP contribution in [0.4, 0.5) is 0 Å². The van der Waals surface area contributed by atoms with Gasteiger partial charge in [0.2, 0.25) is 0 Å². The predicted molar refractivity (Wildman–Crippen MR) is 65.0 cm³/mol. The average Bonchev–Trinajstić information content (AvgIpc) is 2.78. The van der Waals surface area contributed by atoms with E-state index in [0.717, 1.165) is 11.9 Å². The summed E-state index contributed by atoms with van der Waals surface area (Å²) in [5, 5.41) is 0. The summed E-state index contributed by atoms with van der Waals surface area (Å²) in [4.78, 5) is 11.4. The fourth-order valence-electron chi connectivity index (χ4n) is 5.63. The van der Waals surface area contributed by atoms with Crippen molar-refractivity contribution in [2.24, 2.45) is 22.2 Å². The molecule has 3 aliphatic rings. The van der Waals surface area contributed by atoms with Crippen molar-refractivity contribution in [2.45, 2.75) is 52.9 Å². The van der Waals surface area contributed by atoms with Crippen molar-refractivity contribution in [1.82, 2.24) is 0 Å². The second-order valence-electron chi connectivity index (χ2n) is 6.79. The van der Waals surface area contributed by atoms with Gasteiger partial charge in [-0.05, 0) is 48.0 Å². The molecule has 0 amide bonds. The molecule has 0 N–H and O–H groups in total. The number of carbonyl (C=O) groups is 1. The number of allylic oxidation sites excluding steroid dienone is 2. The zero-order chi connectivity index (χ0) is 11.6. The van der Waals surface area contributed by atoms with Gasteiger partial charge in [0.25, 0.3) is 0 Å². The molecule has 2 saturated carbocycles. The fraction of sp³-hybridized carbons (Fsp3) is 0.800. The highest BCUT2D eigenvalue weighted by molar-refractivity contribution is 5.78. The maximum Gasteiger partial charge on any atom is 0.146 e. The molecule has 0 heterocycles. The third-order valence-corrected chi connectivity index (χ3v) is 6.27. The molecule has 0 aromatic heterocycles. The molecule has 3 aliphatic carbocycles. The van der Waals surface area contributed by atoms with E-state index in [4.69, 9.17) is 0 Å². The molecule has 0 aromatic rings. The highest BCUT2D eigenvalue weighted by atomic mass is 16.1. The maximum absolute atomic E-state index is 11.4. The van der Waals surface area contributed by atoms with Crippen molar-refractivity contribution < 1.29 is 4.79 Å². The third-order valence-electron chi connectivity index (χ3n) is 6.27. The van der Waals surface area contributed by atoms with Crippen molar-refractivity contribution in [3.8, 4) is 0 Å². The summed E-state index contributed by atoms with van der Waals surface area (Å²) in [6.07, 6.45) is 10.0. The van der Waals surface area contributed by atoms with Gasteiger partial charge in [-0.3, -0.25) is 4.79 Å². The van der Waals surface area contributed by atoms with Crippen molar-refractivity contribution in [3.05, 3.63) is 11.6 Å². The lowest BCUT2D eigenvalue weighted by Gasteiger charge is -2.46. The monoisotopic (exact) mass is 218 g/mol. The summed E-state index contributed by atoms with van der Waals surface area (Å²) in [6, 6.07) is 0. The molecular formula is C15H22O. The van der Waals surface area contributed by atoms with Gasteiger partial charge in [0, 0.05) is 5.41 Å². The molecule has 0 aromatic carbocycles. The highest BCUT2D eigenvalue weighted by Crippen LogP contribution is 2.77. The van der Waals surface area contributed by atoms with E-state index in [-0.39, 0.29) is 10.8 Å². The van der Waals surface area contributed by atoms with Gasteiger partial charge in [0.15, 0.2) is 0 Å². The minimum absolute atomic E-state index is 0.227. The maximum atomic E-state index is 11.4. The Kier molecular flexibility index (Phi) is 1.85. The molecule has 0 bridgehead atoms. The van der Waals surface area contributed by atoms with E-state index < -0.39 is 0 Å². The number of rotatable bonds is 1. The molecule has 0 saturated heterocycles. The van der Waals surface area contributed by atoms with E-state index in [2.05, 4.69) is 26.8 Å². The second kappa shape index (κ2) is 2.80. The molecule has 3 atom stereocenters. The van der Waals surface area contributed by atoms with Gasteiger partial charge in [-0.25, -0.2) is 0 Å². The van der Waals surface area contributed by atoms with Crippen LogP contribution in [-0.2, 0) is 4.79 Å². The quantitative estimate of drug-likeness (QED) is 0.613. The van der Waals surface area contributed by atoms with Gasteiger partial charge >= 0.3 is 0 Å². The molecule has 0 aliphatic heterocycles. The number of hydrogen-bond acceptors (Lipinski definition) is 1. The van der Waals surface area contributed by atoms with Crippen LogP contribution in [0.1, 0.15) is 52.9 Å². The number of hydrogen-bond donors (Lipinski definition) is 0. The third kappa shape index (κ3) is 0.813. The van der Waals surface area contributed by atoms with Crippen molar-refractivity contribution in [2.75, 3.05) is 0 Å².